The lowest BCUT2D eigenvalue weighted by Crippen LogP contribution is -1.90. The van der Waals surface area contributed by atoms with Gasteiger partial charge in [0.25, 0.3) is 0 Å². The topological polar surface area (TPSA) is 9.23 Å². The van der Waals surface area contributed by atoms with Gasteiger partial charge in [-0.2, -0.15) is 4.39 Å². The van der Waals surface area contributed by atoms with Crippen LogP contribution in [0.2, 0.25) is 0 Å². The second-order valence-electron chi connectivity index (χ2n) is 1.98. The van der Waals surface area contributed by atoms with Gasteiger partial charge in [0, 0.05) is 4.47 Å². The fraction of sp³-hybridized carbons (Fsp3) is 0. The Balaban J connectivity index is 3.17. The van der Waals surface area contributed by atoms with Crippen LogP contribution in [0.5, 0.6) is 5.75 Å². The van der Waals surface area contributed by atoms with E-state index < -0.39 is 11.6 Å². The van der Waals surface area contributed by atoms with E-state index in [1.807, 2.05) is 0 Å². The average Bonchev–Trinajstić information content (AvgIpc) is 2.00. The molecule has 0 aliphatic carbocycles. The number of rotatable bonds is 2. The first-order valence-electron chi connectivity index (χ1n) is 3.07. The number of hydrogen-bond donors (Lipinski definition) is 0. The van der Waals surface area contributed by atoms with Crippen LogP contribution in [0, 0.1) is 11.6 Å². The fourth-order valence-electron chi connectivity index (χ4n) is 0.708. The molecular weight excluding hydrogens is 230 g/mol. The van der Waals surface area contributed by atoms with Crippen molar-refractivity contribution in [2.45, 2.75) is 0 Å². The van der Waals surface area contributed by atoms with E-state index in [2.05, 4.69) is 27.2 Å². The SMILES string of the molecule is C=COc1cc(Br)cc(F)c1F. The molecule has 0 aliphatic rings. The molecule has 0 saturated heterocycles. The van der Waals surface area contributed by atoms with E-state index in [1.54, 1.807) is 0 Å². The second-order valence-corrected chi connectivity index (χ2v) is 2.90. The molecule has 0 amide bonds. The van der Waals surface area contributed by atoms with Gasteiger partial charge >= 0.3 is 0 Å². The Morgan fingerprint density at radius 1 is 1.42 bits per heavy atom. The van der Waals surface area contributed by atoms with Gasteiger partial charge in [0.05, 0.1) is 6.26 Å². The Bertz CT molecular complexity index is 312. The molecule has 0 saturated carbocycles. The summed E-state index contributed by atoms with van der Waals surface area (Å²) in [5, 5.41) is 0. The van der Waals surface area contributed by atoms with Crippen molar-refractivity contribution in [1.82, 2.24) is 0 Å². The molecule has 0 atom stereocenters. The molecule has 0 aromatic heterocycles. The highest BCUT2D eigenvalue weighted by Crippen LogP contribution is 2.25. The maximum atomic E-state index is 12.8. The molecule has 0 heterocycles. The summed E-state index contributed by atoms with van der Waals surface area (Å²) in [5.41, 5.74) is 0. The molecule has 1 rings (SSSR count). The quantitative estimate of drug-likeness (QED) is 0.564. The molecular formula is C8H5BrF2O. The van der Waals surface area contributed by atoms with E-state index in [1.165, 1.54) is 6.07 Å². The van der Waals surface area contributed by atoms with Crippen LogP contribution in [0.1, 0.15) is 0 Å². The third-order valence-corrected chi connectivity index (χ3v) is 1.63. The largest absolute Gasteiger partial charge is 0.462 e. The van der Waals surface area contributed by atoms with Crippen LogP contribution in [-0.2, 0) is 0 Å². The molecule has 12 heavy (non-hydrogen) atoms. The summed E-state index contributed by atoms with van der Waals surface area (Å²) in [6, 6.07) is 2.34. The van der Waals surface area contributed by atoms with Crippen molar-refractivity contribution in [3.8, 4) is 5.75 Å². The van der Waals surface area contributed by atoms with Gasteiger partial charge in [-0.15, -0.1) is 0 Å². The standard InChI is InChI=1S/C8H5BrF2O/c1-2-12-7-4-5(9)3-6(10)8(7)11/h2-4H,1H2. The Kier molecular flexibility index (Phi) is 2.81. The predicted molar refractivity (Wildman–Crippen MR) is 44.9 cm³/mol. The molecule has 0 spiro atoms. The van der Waals surface area contributed by atoms with Crippen LogP contribution < -0.4 is 4.74 Å². The second kappa shape index (κ2) is 3.67. The molecule has 0 fully saturated rings. The monoisotopic (exact) mass is 234 g/mol. The Labute approximate surface area is 76.8 Å². The zero-order valence-corrected chi connectivity index (χ0v) is 7.57. The molecule has 1 aromatic rings. The number of ether oxygens (including phenoxy) is 1. The van der Waals surface area contributed by atoms with Crippen molar-refractivity contribution in [2.24, 2.45) is 0 Å². The summed E-state index contributed by atoms with van der Waals surface area (Å²) in [7, 11) is 0. The highest BCUT2D eigenvalue weighted by Gasteiger charge is 2.09. The van der Waals surface area contributed by atoms with Crippen molar-refractivity contribution >= 4 is 15.9 Å². The van der Waals surface area contributed by atoms with Crippen LogP contribution in [0.3, 0.4) is 0 Å². The number of benzene rings is 1. The minimum atomic E-state index is -1.02. The van der Waals surface area contributed by atoms with E-state index in [-0.39, 0.29) is 5.75 Å². The summed E-state index contributed by atoms with van der Waals surface area (Å²) in [5.74, 6) is -2.16. The molecule has 0 unspecified atom stereocenters. The average molecular weight is 235 g/mol. The maximum absolute atomic E-state index is 12.8. The zero-order chi connectivity index (χ0) is 9.14. The van der Waals surface area contributed by atoms with Gasteiger partial charge < -0.3 is 4.74 Å². The zero-order valence-electron chi connectivity index (χ0n) is 5.98. The van der Waals surface area contributed by atoms with Gasteiger partial charge in [-0.25, -0.2) is 4.39 Å². The molecule has 1 aromatic carbocycles. The molecule has 0 aliphatic heterocycles. The van der Waals surface area contributed by atoms with Crippen molar-refractivity contribution in [3.05, 3.63) is 41.1 Å². The van der Waals surface area contributed by atoms with Crippen molar-refractivity contribution < 1.29 is 13.5 Å². The van der Waals surface area contributed by atoms with E-state index in [4.69, 9.17) is 0 Å². The predicted octanol–water partition coefficient (Wildman–Crippen LogP) is 3.25. The lowest BCUT2D eigenvalue weighted by molar-refractivity contribution is 0.415. The van der Waals surface area contributed by atoms with Crippen molar-refractivity contribution in [1.29, 1.82) is 0 Å². The minimum Gasteiger partial charge on any atom is -0.462 e. The van der Waals surface area contributed by atoms with Gasteiger partial charge in [0.1, 0.15) is 0 Å². The third-order valence-electron chi connectivity index (χ3n) is 1.17. The van der Waals surface area contributed by atoms with Crippen LogP contribution in [0.15, 0.2) is 29.4 Å². The van der Waals surface area contributed by atoms with Gasteiger partial charge in [0.2, 0.25) is 5.82 Å². The van der Waals surface area contributed by atoms with E-state index in [9.17, 15) is 8.78 Å². The van der Waals surface area contributed by atoms with E-state index in [0.29, 0.717) is 4.47 Å². The van der Waals surface area contributed by atoms with Crippen LogP contribution in [0.25, 0.3) is 0 Å². The lowest BCUT2D eigenvalue weighted by atomic mass is 10.3. The van der Waals surface area contributed by atoms with Crippen LogP contribution in [-0.4, -0.2) is 0 Å². The molecule has 1 nitrogen and oxygen atoms in total. The summed E-state index contributed by atoms with van der Waals surface area (Å²) in [6.45, 7) is 3.23. The first-order valence-corrected chi connectivity index (χ1v) is 3.86. The molecule has 0 radical (unpaired) electrons. The lowest BCUT2D eigenvalue weighted by Gasteiger charge is -2.02. The first-order chi connectivity index (χ1) is 5.65. The first kappa shape index (κ1) is 9.19. The molecule has 0 bridgehead atoms. The van der Waals surface area contributed by atoms with Gasteiger partial charge in [-0.3, -0.25) is 0 Å². The van der Waals surface area contributed by atoms with E-state index in [0.717, 1.165) is 12.3 Å². The van der Waals surface area contributed by atoms with Crippen molar-refractivity contribution in [3.63, 3.8) is 0 Å². The van der Waals surface area contributed by atoms with Gasteiger partial charge in [-0.05, 0) is 12.1 Å². The Hall–Kier alpha value is -0.900. The Morgan fingerprint density at radius 3 is 2.67 bits per heavy atom. The minimum absolute atomic E-state index is 0.183. The van der Waals surface area contributed by atoms with Crippen molar-refractivity contribution in [2.75, 3.05) is 0 Å². The summed E-state index contributed by atoms with van der Waals surface area (Å²) >= 11 is 3.00. The Morgan fingerprint density at radius 2 is 2.08 bits per heavy atom. The summed E-state index contributed by atoms with van der Waals surface area (Å²) in [4.78, 5) is 0. The maximum Gasteiger partial charge on any atom is 0.201 e. The third kappa shape index (κ3) is 1.82. The van der Waals surface area contributed by atoms with E-state index >= 15 is 0 Å². The summed E-state index contributed by atoms with van der Waals surface area (Å²) < 4.78 is 30.5. The smallest absolute Gasteiger partial charge is 0.201 e. The number of hydrogen-bond acceptors (Lipinski definition) is 1. The van der Waals surface area contributed by atoms with Crippen LogP contribution in [0.4, 0.5) is 8.78 Å². The number of halogens is 3. The normalized spacial score (nSPS) is 9.58. The highest BCUT2D eigenvalue weighted by atomic mass is 79.9. The van der Waals surface area contributed by atoms with Crippen LogP contribution >= 0.6 is 15.9 Å². The molecule has 4 heteroatoms. The highest BCUT2D eigenvalue weighted by molar-refractivity contribution is 9.10. The van der Waals surface area contributed by atoms with Gasteiger partial charge in [-0.1, -0.05) is 22.5 Å². The molecule has 64 valence electrons. The molecule has 0 N–H and O–H groups in total. The summed E-state index contributed by atoms with van der Waals surface area (Å²) in [6.07, 6.45) is 1.03. The van der Waals surface area contributed by atoms with Gasteiger partial charge in [0.15, 0.2) is 11.6 Å². The fourth-order valence-corrected chi connectivity index (χ4v) is 1.12.